The zero-order chi connectivity index (χ0) is 5.82. The van der Waals surface area contributed by atoms with Crippen LogP contribution in [-0.4, -0.2) is 6.21 Å². The molecule has 8 heavy (non-hydrogen) atoms. The van der Waals surface area contributed by atoms with E-state index in [0.29, 0.717) is 0 Å². The van der Waals surface area contributed by atoms with Crippen LogP contribution in [0.1, 0.15) is 13.3 Å². The Morgan fingerprint density at radius 2 is 2.62 bits per heavy atom. The molecular weight excluding hydrogens is 98.1 g/mol. The maximum Gasteiger partial charge on any atom is 0.0299 e. The van der Waals surface area contributed by atoms with Gasteiger partial charge in [-0.15, -0.1) is 0 Å². The Morgan fingerprint density at radius 1 is 1.75 bits per heavy atom. The second-order valence-electron chi connectivity index (χ2n) is 1.74. The molecule has 42 valence electrons. The van der Waals surface area contributed by atoms with Crippen LogP contribution in [0.3, 0.4) is 0 Å². The zero-order valence-corrected chi connectivity index (χ0v) is 4.96. The maximum absolute atomic E-state index is 3.95. The first-order chi connectivity index (χ1) is 3.93. The van der Waals surface area contributed by atoms with Gasteiger partial charge in [-0.1, -0.05) is 12.2 Å². The number of hydrogen-bond acceptors (Lipinski definition) is 1. The Labute approximate surface area is 49.4 Å². The van der Waals surface area contributed by atoms with Gasteiger partial charge in [-0.2, -0.15) is 0 Å². The van der Waals surface area contributed by atoms with Crippen LogP contribution in [0.4, 0.5) is 0 Å². The van der Waals surface area contributed by atoms with Crippen molar-refractivity contribution < 1.29 is 0 Å². The van der Waals surface area contributed by atoms with Gasteiger partial charge in [0.25, 0.3) is 0 Å². The lowest BCUT2D eigenvalue weighted by atomic mass is 10.2. The molecular formula is C7H9N. The topological polar surface area (TPSA) is 12.4 Å². The summed E-state index contributed by atoms with van der Waals surface area (Å²) in [6.45, 7) is 2.01. The average Bonchev–Trinajstić information content (AvgIpc) is 2.19. The van der Waals surface area contributed by atoms with Gasteiger partial charge in [0.05, 0.1) is 0 Å². The lowest BCUT2D eigenvalue weighted by Gasteiger charge is -1.83. The molecule has 1 heterocycles. The molecule has 1 rings (SSSR count). The number of nitrogens with zero attached hydrogens (tertiary/aromatic N) is 1. The first-order valence-corrected chi connectivity index (χ1v) is 2.77. The van der Waals surface area contributed by atoms with Crippen molar-refractivity contribution in [1.29, 1.82) is 0 Å². The third-order valence-corrected chi connectivity index (χ3v) is 1.05. The van der Waals surface area contributed by atoms with Crippen LogP contribution in [0.2, 0.25) is 0 Å². The summed E-state index contributed by atoms with van der Waals surface area (Å²) in [6.07, 6.45) is 8.91. The second-order valence-corrected chi connectivity index (χ2v) is 1.74. The van der Waals surface area contributed by atoms with Gasteiger partial charge in [0.1, 0.15) is 0 Å². The fourth-order valence-electron chi connectivity index (χ4n) is 0.684. The predicted octanol–water partition coefficient (Wildman–Crippen LogP) is 1.92. The van der Waals surface area contributed by atoms with Crippen LogP contribution < -0.4 is 0 Å². The van der Waals surface area contributed by atoms with Crippen molar-refractivity contribution in [2.45, 2.75) is 13.3 Å². The van der Waals surface area contributed by atoms with E-state index in [1.54, 1.807) is 0 Å². The Morgan fingerprint density at radius 3 is 3.12 bits per heavy atom. The molecule has 1 nitrogen and oxygen atoms in total. The van der Waals surface area contributed by atoms with E-state index in [9.17, 15) is 0 Å². The molecule has 0 atom stereocenters. The minimum absolute atomic E-state index is 1.00. The van der Waals surface area contributed by atoms with Crippen molar-refractivity contribution in [3.05, 3.63) is 23.9 Å². The van der Waals surface area contributed by atoms with Crippen molar-refractivity contribution >= 4 is 6.21 Å². The first-order valence-electron chi connectivity index (χ1n) is 2.77. The third kappa shape index (κ3) is 1.06. The highest BCUT2D eigenvalue weighted by Gasteiger charge is 1.91. The Balaban J connectivity index is 2.51. The van der Waals surface area contributed by atoms with Crippen LogP contribution in [0.5, 0.6) is 0 Å². The van der Waals surface area contributed by atoms with Crippen molar-refractivity contribution in [2.24, 2.45) is 4.99 Å². The summed E-state index contributed by atoms with van der Waals surface area (Å²) >= 11 is 0. The van der Waals surface area contributed by atoms with E-state index in [0.717, 1.165) is 6.42 Å². The quantitative estimate of drug-likeness (QED) is 0.485. The molecule has 1 heteroatoms. The van der Waals surface area contributed by atoms with Crippen LogP contribution in [0.25, 0.3) is 0 Å². The van der Waals surface area contributed by atoms with E-state index in [2.05, 4.69) is 11.1 Å². The summed E-state index contributed by atoms with van der Waals surface area (Å²) in [5.41, 5.74) is 1.30. The zero-order valence-electron chi connectivity index (χ0n) is 4.96. The summed E-state index contributed by atoms with van der Waals surface area (Å²) in [7, 11) is 0. The van der Waals surface area contributed by atoms with Gasteiger partial charge in [0, 0.05) is 18.8 Å². The van der Waals surface area contributed by atoms with Gasteiger partial charge < -0.3 is 0 Å². The number of hydrogen-bond donors (Lipinski definition) is 0. The molecule has 0 aliphatic carbocycles. The van der Waals surface area contributed by atoms with Gasteiger partial charge in [0.2, 0.25) is 0 Å². The Bertz CT molecular complexity index is 152. The summed E-state index contributed by atoms with van der Waals surface area (Å²) in [4.78, 5) is 3.95. The summed E-state index contributed by atoms with van der Waals surface area (Å²) in [5.74, 6) is 0. The summed E-state index contributed by atoms with van der Waals surface area (Å²) in [5, 5.41) is 0. The average molecular weight is 107 g/mol. The van der Waals surface area contributed by atoms with Gasteiger partial charge in [-0.25, -0.2) is 0 Å². The standard InChI is InChI=1S/C7H9N/c1-2-3-7-4-5-8-6-7/h2-3,5-6H,4H2,1H3/b3-2+. The molecule has 0 fully saturated rings. The fraction of sp³-hybridized carbons (Fsp3) is 0.286. The molecule has 0 radical (unpaired) electrons. The molecule has 0 N–H and O–H groups in total. The first kappa shape index (κ1) is 5.29. The van der Waals surface area contributed by atoms with Crippen molar-refractivity contribution in [1.82, 2.24) is 0 Å². The van der Waals surface area contributed by atoms with Crippen molar-refractivity contribution in [3.63, 3.8) is 0 Å². The molecule has 0 saturated carbocycles. The molecule has 1 aliphatic heterocycles. The smallest absolute Gasteiger partial charge is 0.0299 e. The molecule has 0 amide bonds. The molecule has 0 aromatic heterocycles. The largest absolute Gasteiger partial charge is 0.268 e. The Hall–Kier alpha value is -0.850. The molecule has 1 aliphatic rings. The van der Waals surface area contributed by atoms with Gasteiger partial charge in [-0.05, 0) is 12.5 Å². The highest BCUT2D eigenvalue weighted by Crippen LogP contribution is 2.06. The van der Waals surface area contributed by atoms with Crippen LogP contribution in [0, 0.1) is 0 Å². The molecule has 0 aromatic carbocycles. The predicted molar refractivity (Wildman–Crippen MR) is 36.0 cm³/mol. The monoisotopic (exact) mass is 107 g/mol. The van der Waals surface area contributed by atoms with Gasteiger partial charge in [-0.3, -0.25) is 4.99 Å². The van der Waals surface area contributed by atoms with Gasteiger partial charge in [0.15, 0.2) is 0 Å². The van der Waals surface area contributed by atoms with E-state index in [1.807, 2.05) is 25.4 Å². The minimum Gasteiger partial charge on any atom is -0.268 e. The van der Waals surface area contributed by atoms with Gasteiger partial charge >= 0.3 is 0 Å². The van der Waals surface area contributed by atoms with E-state index in [1.165, 1.54) is 5.57 Å². The van der Waals surface area contributed by atoms with E-state index in [-0.39, 0.29) is 0 Å². The van der Waals surface area contributed by atoms with E-state index >= 15 is 0 Å². The molecule has 0 spiro atoms. The molecule has 0 aromatic rings. The fourth-order valence-corrected chi connectivity index (χ4v) is 0.684. The third-order valence-electron chi connectivity index (χ3n) is 1.05. The number of aliphatic imine (C=N–C) groups is 1. The molecule has 0 saturated heterocycles. The van der Waals surface area contributed by atoms with Crippen molar-refractivity contribution in [2.75, 3.05) is 0 Å². The molecule has 0 bridgehead atoms. The minimum atomic E-state index is 1.00. The normalized spacial score (nSPS) is 17.9. The van der Waals surface area contributed by atoms with Crippen LogP contribution in [-0.2, 0) is 0 Å². The van der Waals surface area contributed by atoms with E-state index < -0.39 is 0 Å². The molecule has 0 unspecified atom stereocenters. The SMILES string of the molecule is C/C=C/C1=CN=CC1. The van der Waals surface area contributed by atoms with E-state index in [4.69, 9.17) is 0 Å². The number of allylic oxidation sites excluding steroid dienone is 3. The number of rotatable bonds is 1. The summed E-state index contributed by atoms with van der Waals surface area (Å²) in [6, 6.07) is 0. The maximum atomic E-state index is 3.95. The van der Waals surface area contributed by atoms with Crippen LogP contribution >= 0.6 is 0 Å². The highest BCUT2D eigenvalue weighted by molar-refractivity contribution is 5.66. The lowest BCUT2D eigenvalue weighted by molar-refractivity contribution is 1.42. The summed E-state index contributed by atoms with van der Waals surface area (Å²) < 4.78 is 0. The second kappa shape index (κ2) is 2.46. The van der Waals surface area contributed by atoms with Crippen molar-refractivity contribution in [3.8, 4) is 0 Å². The Kier molecular flexibility index (Phi) is 1.62. The lowest BCUT2D eigenvalue weighted by Crippen LogP contribution is -1.69. The highest BCUT2D eigenvalue weighted by atomic mass is 14.7. The van der Waals surface area contributed by atoms with Crippen LogP contribution in [0.15, 0.2) is 28.9 Å².